The Labute approximate surface area is 231 Å². The molecule has 5 rings (SSSR count). The largest absolute Gasteiger partial charge is 0.448 e. The van der Waals surface area contributed by atoms with Crippen LogP contribution in [0.3, 0.4) is 0 Å². The van der Waals surface area contributed by atoms with Crippen LogP contribution < -0.4 is 10.6 Å². The zero-order chi connectivity index (χ0) is 28.6. The maximum absolute atomic E-state index is 15.2. The normalized spacial score (nSPS) is 15.4. The second-order valence-corrected chi connectivity index (χ2v) is 11.2. The van der Waals surface area contributed by atoms with Gasteiger partial charge in [-0.1, -0.05) is 32.9 Å². The minimum Gasteiger partial charge on any atom is -0.448 e. The number of amides is 3. The number of anilines is 1. The summed E-state index contributed by atoms with van der Waals surface area (Å²) in [5.74, 6) is 0.161. The molecule has 40 heavy (non-hydrogen) atoms. The van der Waals surface area contributed by atoms with E-state index in [1.807, 2.05) is 26.8 Å². The summed E-state index contributed by atoms with van der Waals surface area (Å²) >= 11 is 0. The first kappa shape index (κ1) is 27.1. The molecule has 1 saturated heterocycles. The van der Waals surface area contributed by atoms with Gasteiger partial charge in [-0.25, -0.2) is 19.2 Å². The lowest BCUT2D eigenvalue weighted by molar-refractivity contribution is 0.0945. The quantitative estimate of drug-likeness (QED) is 0.330. The number of pyridine rings is 1. The number of benzene rings is 1. The van der Waals surface area contributed by atoms with Crippen LogP contribution in [0.4, 0.5) is 15.0 Å². The number of carbonyl (C=O) groups excluding carboxylic acids is 2. The van der Waals surface area contributed by atoms with E-state index in [0.717, 1.165) is 17.4 Å². The summed E-state index contributed by atoms with van der Waals surface area (Å²) in [5.41, 5.74) is 2.13. The van der Waals surface area contributed by atoms with Crippen LogP contribution in [0.1, 0.15) is 49.1 Å². The van der Waals surface area contributed by atoms with Gasteiger partial charge in [0.2, 0.25) is 0 Å². The van der Waals surface area contributed by atoms with Crippen molar-refractivity contribution in [1.29, 1.82) is 0 Å². The van der Waals surface area contributed by atoms with Gasteiger partial charge in [-0.15, -0.1) is 0 Å². The molecular weight excluding hydrogens is 515 g/mol. The Morgan fingerprint density at radius 1 is 1.25 bits per heavy atom. The number of urea groups is 1. The summed E-state index contributed by atoms with van der Waals surface area (Å²) in [6.45, 7) is 7.02. The van der Waals surface area contributed by atoms with Crippen molar-refractivity contribution in [2.24, 2.45) is 0 Å². The van der Waals surface area contributed by atoms with E-state index in [0.29, 0.717) is 41.6 Å². The fraction of sp³-hybridized carbons (Fsp3) is 0.393. The molecule has 1 aliphatic heterocycles. The fourth-order valence-electron chi connectivity index (χ4n) is 4.67. The smallest absolute Gasteiger partial charge is 0.319 e. The Hall–Kier alpha value is -4.48. The molecule has 1 aliphatic rings. The van der Waals surface area contributed by atoms with Crippen LogP contribution in [0, 0.1) is 5.82 Å². The second kappa shape index (κ2) is 10.6. The van der Waals surface area contributed by atoms with E-state index in [2.05, 4.69) is 30.8 Å². The highest BCUT2D eigenvalue weighted by atomic mass is 19.1. The Kier molecular flexibility index (Phi) is 7.17. The van der Waals surface area contributed by atoms with E-state index in [4.69, 9.17) is 4.42 Å². The Balaban J connectivity index is 1.31. The van der Waals surface area contributed by atoms with E-state index >= 15 is 4.39 Å². The lowest BCUT2D eigenvalue weighted by Gasteiger charge is -2.21. The molecule has 0 unspecified atom stereocenters. The SMILES string of the molecule is CN(C)C(=O)N1CC[C@@H](Nc2n[nH]c3nccc(-c4ccc(CNC(=O)c5coc(C(C)(C)C)n5)c(F)c4)c23)C1. The van der Waals surface area contributed by atoms with Crippen LogP contribution in [0.5, 0.6) is 0 Å². The van der Waals surface area contributed by atoms with Crippen molar-refractivity contribution >= 4 is 28.8 Å². The van der Waals surface area contributed by atoms with Crippen LogP contribution in [-0.2, 0) is 12.0 Å². The van der Waals surface area contributed by atoms with Crippen LogP contribution >= 0.6 is 0 Å². The van der Waals surface area contributed by atoms with E-state index in [9.17, 15) is 9.59 Å². The van der Waals surface area contributed by atoms with Gasteiger partial charge in [-0.05, 0) is 29.7 Å². The first-order valence-corrected chi connectivity index (χ1v) is 13.1. The molecule has 4 heterocycles. The van der Waals surface area contributed by atoms with Crippen molar-refractivity contribution in [1.82, 2.24) is 35.3 Å². The predicted molar refractivity (Wildman–Crippen MR) is 148 cm³/mol. The number of H-pyrrole nitrogens is 1. The van der Waals surface area contributed by atoms with Gasteiger partial charge < -0.3 is 24.9 Å². The number of aromatic nitrogens is 4. The number of halogens is 1. The van der Waals surface area contributed by atoms with Crippen LogP contribution in [0.15, 0.2) is 41.1 Å². The van der Waals surface area contributed by atoms with Crippen molar-refractivity contribution in [3.63, 3.8) is 0 Å². The minimum atomic E-state index is -0.454. The average molecular weight is 549 g/mol. The van der Waals surface area contributed by atoms with Gasteiger partial charge >= 0.3 is 6.03 Å². The van der Waals surface area contributed by atoms with Gasteiger partial charge in [0.05, 0.1) is 5.39 Å². The summed E-state index contributed by atoms with van der Waals surface area (Å²) in [7, 11) is 3.47. The topological polar surface area (TPSA) is 132 Å². The molecular formula is C28H33FN8O3. The third-order valence-corrected chi connectivity index (χ3v) is 6.83. The summed E-state index contributed by atoms with van der Waals surface area (Å²) in [6.07, 6.45) is 3.73. The molecule has 1 aromatic carbocycles. The van der Waals surface area contributed by atoms with E-state index in [1.54, 1.807) is 42.2 Å². The second-order valence-electron chi connectivity index (χ2n) is 11.2. The molecule has 11 nitrogen and oxygen atoms in total. The molecule has 0 bridgehead atoms. The number of hydrogen-bond acceptors (Lipinski definition) is 7. The van der Waals surface area contributed by atoms with Gasteiger partial charge in [0, 0.05) is 56.9 Å². The average Bonchev–Trinajstić information content (AvgIpc) is 3.67. The van der Waals surface area contributed by atoms with Gasteiger partial charge in [-0.3, -0.25) is 9.89 Å². The van der Waals surface area contributed by atoms with Crippen molar-refractivity contribution in [2.45, 2.75) is 45.2 Å². The van der Waals surface area contributed by atoms with Gasteiger partial charge in [-0.2, -0.15) is 5.10 Å². The number of nitrogens with one attached hydrogen (secondary N) is 3. The molecule has 0 saturated carbocycles. The van der Waals surface area contributed by atoms with Crippen LogP contribution in [0.25, 0.3) is 22.2 Å². The molecule has 3 aromatic heterocycles. The summed E-state index contributed by atoms with van der Waals surface area (Å²) in [5, 5.41) is 14.2. The molecule has 3 amide bonds. The van der Waals surface area contributed by atoms with Crippen molar-refractivity contribution in [2.75, 3.05) is 32.5 Å². The van der Waals surface area contributed by atoms with Crippen molar-refractivity contribution in [3.8, 4) is 11.1 Å². The molecule has 1 fully saturated rings. The third kappa shape index (κ3) is 5.47. The van der Waals surface area contributed by atoms with Crippen LogP contribution in [-0.4, -0.2) is 75.1 Å². The number of fused-ring (bicyclic) bond motifs is 1. The zero-order valence-electron chi connectivity index (χ0n) is 23.2. The lowest BCUT2D eigenvalue weighted by Crippen LogP contribution is -2.38. The summed E-state index contributed by atoms with van der Waals surface area (Å²) in [6, 6.07) is 6.70. The number of oxazole rings is 1. The van der Waals surface area contributed by atoms with E-state index in [-0.39, 0.29) is 29.7 Å². The Morgan fingerprint density at radius 3 is 2.75 bits per heavy atom. The molecule has 1 atom stereocenters. The highest BCUT2D eigenvalue weighted by molar-refractivity contribution is 6.00. The highest BCUT2D eigenvalue weighted by Crippen LogP contribution is 2.33. The number of aromatic amines is 1. The number of carbonyl (C=O) groups is 2. The fourth-order valence-corrected chi connectivity index (χ4v) is 4.67. The molecule has 210 valence electrons. The number of nitrogens with zero attached hydrogens (tertiary/aromatic N) is 5. The van der Waals surface area contributed by atoms with E-state index in [1.165, 1.54) is 12.3 Å². The minimum absolute atomic E-state index is 0.00320. The standard InChI is InChI=1S/C28H33FN8O3/c1-28(2,3)26-33-21(15-40-26)25(38)31-13-17-7-6-16(12-20(17)29)19-8-10-30-23-22(19)24(35-34-23)32-18-9-11-37(14-18)27(39)36(4)5/h6-8,10,12,15,18H,9,11,13-14H2,1-5H3,(H,31,38)(H2,30,32,34,35)/t18-/m1/s1. The first-order valence-electron chi connectivity index (χ1n) is 13.1. The maximum Gasteiger partial charge on any atom is 0.319 e. The molecule has 0 radical (unpaired) electrons. The van der Waals surface area contributed by atoms with Gasteiger partial charge in [0.25, 0.3) is 5.91 Å². The third-order valence-electron chi connectivity index (χ3n) is 6.83. The van der Waals surface area contributed by atoms with Crippen molar-refractivity contribution < 1.29 is 18.4 Å². The predicted octanol–water partition coefficient (Wildman–Crippen LogP) is 4.15. The Morgan fingerprint density at radius 2 is 2.05 bits per heavy atom. The number of rotatable bonds is 6. The summed E-state index contributed by atoms with van der Waals surface area (Å²) < 4.78 is 20.6. The maximum atomic E-state index is 15.2. The molecule has 4 aromatic rings. The van der Waals surface area contributed by atoms with Gasteiger partial charge in [0.1, 0.15) is 12.1 Å². The van der Waals surface area contributed by atoms with Crippen molar-refractivity contribution in [3.05, 3.63) is 59.7 Å². The van der Waals surface area contributed by atoms with E-state index < -0.39 is 11.7 Å². The number of hydrogen-bond donors (Lipinski definition) is 3. The molecule has 0 spiro atoms. The zero-order valence-corrected chi connectivity index (χ0v) is 23.2. The van der Waals surface area contributed by atoms with Gasteiger partial charge in [0.15, 0.2) is 23.0 Å². The Bertz CT molecular complexity index is 1550. The first-order chi connectivity index (χ1) is 19.0. The molecule has 3 N–H and O–H groups in total. The molecule has 12 heteroatoms. The summed E-state index contributed by atoms with van der Waals surface area (Å²) in [4.78, 5) is 36.8. The molecule has 0 aliphatic carbocycles. The monoisotopic (exact) mass is 548 g/mol. The highest BCUT2D eigenvalue weighted by Gasteiger charge is 2.28. The van der Waals surface area contributed by atoms with Crippen LogP contribution in [0.2, 0.25) is 0 Å². The number of likely N-dealkylation sites (tertiary alicyclic amines) is 1. The lowest BCUT2D eigenvalue weighted by atomic mass is 9.97.